The molecule has 9 heteroatoms. The number of ether oxygens (including phenoxy) is 1. The minimum absolute atomic E-state index is 0.163. The lowest BCUT2D eigenvalue weighted by atomic mass is 9.86. The van der Waals surface area contributed by atoms with Crippen LogP contribution in [0.1, 0.15) is 48.0 Å². The second-order valence-corrected chi connectivity index (χ2v) is 9.09. The van der Waals surface area contributed by atoms with Gasteiger partial charge in [0.25, 0.3) is 0 Å². The molecular weight excluding hydrogens is 386 g/mol. The number of aromatic nitrogens is 2. The molecule has 0 aliphatic rings. The largest absolute Gasteiger partial charge is 0.428 e. The van der Waals surface area contributed by atoms with Crippen LogP contribution in [0.25, 0.3) is 11.0 Å². The van der Waals surface area contributed by atoms with Gasteiger partial charge >= 0.3 is 11.7 Å². The maximum Gasteiger partial charge on any atom is 0.337 e. The average Bonchev–Trinajstić information content (AvgIpc) is 2.86. The SMILES string of the molecule is CC(=N)OC(=N)[C@@H](NC(=O)n1c(=O)n(CCC(C)(C)O)c2ccccc21)C(C)(C)C. The van der Waals surface area contributed by atoms with Gasteiger partial charge in [0.1, 0.15) is 6.04 Å². The third-order valence-corrected chi connectivity index (χ3v) is 4.65. The summed E-state index contributed by atoms with van der Waals surface area (Å²) in [5, 5.41) is 28.4. The topological polar surface area (TPSA) is 133 Å². The molecular formula is C21H31N5O4. The molecule has 0 aliphatic carbocycles. The molecule has 1 amide bonds. The van der Waals surface area contributed by atoms with E-state index in [1.807, 2.05) is 20.8 Å². The summed E-state index contributed by atoms with van der Waals surface area (Å²) in [6.45, 7) is 10.4. The molecule has 0 saturated heterocycles. The van der Waals surface area contributed by atoms with E-state index < -0.39 is 28.8 Å². The predicted octanol–water partition coefficient (Wildman–Crippen LogP) is 2.93. The molecule has 2 aromatic rings. The molecule has 0 saturated carbocycles. The van der Waals surface area contributed by atoms with E-state index in [1.165, 1.54) is 11.5 Å². The number of aliphatic hydroxyl groups is 1. The van der Waals surface area contributed by atoms with Crippen LogP contribution in [0.3, 0.4) is 0 Å². The molecule has 0 radical (unpaired) electrons. The molecule has 4 N–H and O–H groups in total. The molecule has 1 aromatic heterocycles. The van der Waals surface area contributed by atoms with Crippen molar-refractivity contribution in [1.29, 1.82) is 10.8 Å². The fourth-order valence-corrected chi connectivity index (χ4v) is 3.09. The molecule has 1 aromatic carbocycles. The molecule has 0 spiro atoms. The highest BCUT2D eigenvalue weighted by atomic mass is 16.5. The number of nitrogens with zero attached hydrogens (tertiary/aromatic N) is 2. The molecule has 30 heavy (non-hydrogen) atoms. The van der Waals surface area contributed by atoms with Crippen LogP contribution >= 0.6 is 0 Å². The first-order chi connectivity index (χ1) is 13.7. The van der Waals surface area contributed by atoms with Crippen molar-refractivity contribution in [1.82, 2.24) is 14.5 Å². The van der Waals surface area contributed by atoms with E-state index >= 15 is 0 Å². The summed E-state index contributed by atoms with van der Waals surface area (Å²) >= 11 is 0. The first-order valence-electron chi connectivity index (χ1n) is 9.77. The second-order valence-electron chi connectivity index (χ2n) is 9.09. The lowest BCUT2D eigenvalue weighted by Gasteiger charge is -2.30. The van der Waals surface area contributed by atoms with Crippen LogP contribution in [-0.4, -0.2) is 43.7 Å². The van der Waals surface area contributed by atoms with Gasteiger partial charge < -0.3 is 15.2 Å². The minimum atomic E-state index is -0.959. The summed E-state index contributed by atoms with van der Waals surface area (Å²) in [4.78, 5) is 26.2. The van der Waals surface area contributed by atoms with Gasteiger partial charge in [0, 0.05) is 13.5 Å². The lowest BCUT2D eigenvalue weighted by Crippen LogP contribution is -2.52. The summed E-state index contributed by atoms with van der Waals surface area (Å²) in [5.41, 5.74) is -1.07. The summed E-state index contributed by atoms with van der Waals surface area (Å²) < 4.78 is 7.60. The summed E-state index contributed by atoms with van der Waals surface area (Å²) in [5.74, 6) is -0.439. The van der Waals surface area contributed by atoms with Gasteiger partial charge in [-0.05, 0) is 37.8 Å². The van der Waals surface area contributed by atoms with Gasteiger partial charge in [-0.2, -0.15) is 0 Å². The van der Waals surface area contributed by atoms with Crippen LogP contribution in [0, 0.1) is 16.2 Å². The summed E-state index contributed by atoms with van der Waals surface area (Å²) in [7, 11) is 0. The Labute approximate surface area is 175 Å². The highest BCUT2D eigenvalue weighted by Crippen LogP contribution is 2.22. The third kappa shape index (κ3) is 5.35. The van der Waals surface area contributed by atoms with Crippen LogP contribution in [0.15, 0.2) is 29.1 Å². The van der Waals surface area contributed by atoms with E-state index in [4.69, 9.17) is 15.6 Å². The van der Waals surface area contributed by atoms with Crippen molar-refractivity contribution in [3.05, 3.63) is 34.7 Å². The minimum Gasteiger partial charge on any atom is -0.428 e. The van der Waals surface area contributed by atoms with Crippen LogP contribution in [0.2, 0.25) is 0 Å². The fraction of sp³-hybridized carbons (Fsp3) is 0.524. The Morgan fingerprint density at radius 3 is 2.23 bits per heavy atom. The molecule has 0 bridgehead atoms. The number of para-hydroxylation sites is 2. The van der Waals surface area contributed by atoms with Gasteiger partial charge in [0.15, 0.2) is 5.90 Å². The van der Waals surface area contributed by atoms with Crippen LogP contribution in [0.4, 0.5) is 4.79 Å². The number of fused-ring (bicyclic) bond motifs is 1. The van der Waals surface area contributed by atoms with Crippen molar-refractivity contribution < 1.29 is 14.6 Å². The molecule has 1 atom stereocenters. The van der Waals surface area contributed by atoms with Crippen molar-refractivity contribution in [3.63, 3.8) is 0 Å². The standard InChI is InChI=1S/C21H31N5O4/c1-13(22)30-17(23)16(20(2,3)4)24-18(27)26-15-10-8-7-9-14(15)25(19(26)28)12-11-21(5,6)29/h7-10,16,22-23,29H,11-12H2,1-6H3,(H,24,27)/t16-/m1/s1. The Kier molecular flexibility index (Phi) is 6.56. The van der Waals surface area contributed by atoms with Crippen molar-refractivity contribution in [2.45, 2.75) is 66.2 Å². The highest BCUT2D eigenvalue weighted by Gasteiger charge is 2.33. The van der Waals surface area contributed by atoms with Crippen molar-refractivity contribution in [2.24, 2.45) is 5.41 Å². The average molecular weight is 418 g/mol. The lowest BCUT2D eigenvalue weighted by molar-refractivity contribution is 0.0662. The number of carbonyl (C=O) groups excluding carboxylic acids is 1. The van der Waals surface area contributed by atoms with Gasteiger partial charge in [-0.15, -0.1) is 0 Å². The maximum absolute atomic E-state index is 13.1. The number of benzene rings is 1. The van der Waals surface area contributed by atoms with E-state index in [2.05, 4.69) is 5.32 Å². The van der Waals surface area contributed by atoms with Gasteiger partial charge in [0.05, 0.1) is 16.6 Å². The first kappa shape index (κ1) is 23.3. The van der Waals surface area contributed by atoms with E-state index in [9.17, 15) is 14.7 Å². The highest BCUT2D eigenvalue weighted by molar-refractivity contribution is 5.95. The van der Waals surface area contributed by atoms with Crippen LogP contribution in [0.5, 0.6) is 0 Å². The molecule has 164 valence electrons. The number of hydrogen-bond donors (Lipinski definition) is 4. The zero-order valence-corrected chi connectivity index (χ0v) is 18.4. The maximum atomic E-state index is 13.1. The van der Waals surface area contributed by atoms with Gasteiger partial charge in [-0.25, -0.2) is 14.2 Å². The Bertz CT molecular complexity index is 1020. The van der Waals surface area contributed by atoms with Gasteiger partial charge in [0.2, 0.25) is 5.90 Å². The van der Waals surface area contributed by atoms with Gasteiger partial charge in [-0.1, -0.05) is 32.9 Å². The van der Waals surface area contributed by atoms with E-state index in [0.29, 0.717) is 17.5 Å². The van der Waals surface area contributed by atoms with Crippen molar-refractivity contribution in [2.75, 3.05) is 0 Å². The Balaban J connectivity index is 2.47. The third-order valence-electron chi connectivity index (χ3n) is 4.65. The van der Waals surface area contributed by atoms with E-state index in [-0.39, 0.29) is 18.3 Å². The second kappa shape index (κ2) is 8.43. The number of hydrogen-bond acceptors (Lipinski definition) is 6. The number of aryl methyl sites for hydroxylation is 1. The quantitative estimate of drug-likeness (QED) is 0.440. The first-order valence-corrected chi connectivity index (χ1v) is 9.77. The normalized spacial score (nSPS) is 13.2. The fourth-order valence-electron chi connectivity index (χ4n) is 3.09. The molecule has 9 nitrogen and oxygen atoms in total. The summed E-state index contributed by atoms with van der Waals surface area (Å²) in [6.07, 6.45) is 0.338. The molecule has 1 heterocycles. The zero-order chi connectivity index (χ0) is 22.9. The number of nitrogens with one attached hydrogen (secondary N) is 3. The Morgan fingerprint density at radius 2 is 1.73 bits per heavy atom. The Morgan fingerprint density at radius 1 is 1.17 bits per heavy atom. The summed E-state index contributed by atoms with van der Waals surface area (Å²) in [6, 6.07) is 5.39. The monoisotopic (exact) mass is 417 g/mol. The van der Waals surface area contributed by atoms with Crippen LogP contribution in [-0.2, 0) is 11.3 Å². The predicted molar refractivity (Wildman–Crippen MR) is 116 cm³/mol. The number of amides is 1. The van der Waals surface area contributed by atoms with Crippen molar-refractivity contribution in [3.8, 4) is 0 Å². The smallest absolute Gasteiger partial charge is 0.337 e. The Hall–Kier alpha value is -2.94. The number of imidazole rings is 1. The van der Waals surface area contributed by atoms with E-state index in [1.54, 1.807) is 38.1 Å². The molecule has 0 unspecified atom stereocenters. The number of rotatable bonds is 5. The molecule has 2 rings (SSSR count). The molecule has 0 fully saturated rings. The van der Waals surface area contributed by atoms with Gasteiger partial charge in [-0.3, -0.25) is 15.4 Å². The number of carbonyl (C=O) groups is 1. The van der Waals surface area contributed by atoms with Crippen molar-refractivity contribution >= 4 is 28.9 Å². The van der Waals surface area contributed by atoms with E-state index in [0.717, 1.165) is 4.57 Å². The van der Waals surface area contributed by atoms with Crippen LogP contribution < -0.4 is 11.0 Å². The molecule has 0 aliphatic heterocycles. The zero-order valence-electron chi connectivity index (χ0n) is 18.4.